The number of hydrogen-bond donors (Lipinski definition) is 2. The summed E-state index contributed by atoms with van der Waals surface area (Å²) in [7, 11) is 1.70. The van der Waals surface area contributed by atoms with Gasteiger partial charge in [0.1, 0.15) is 0 Å². The van der Waals surface area contributed by atoms with E-state index in [0.717, 1.165) is 19.3 Å². The molecule has 3 nitrogen and oxygen atoms in total. The van der Waals surface area contributed by atoms with Crippen LogP contribution in [0.5, 0.6) is 0 Å². The first-order chi connectivity index (χ1) is 6.24. The van der Waals surface area contributed by atoms with E-state index in [9.17, 15) is 5.11 Å². The van der Waals surface area contributed by atoms with Crippen LogP contribution in [0.25, 0.3) is 0 Å². The molecule has 78 valence electrons. The second kappa shape index (κ2) is 5.58. The molecular formula is C10H21NO2. The van der Waals surface area contributed by atoms with Crippen molar-refractivity contribution in [1.82, 2.24) is 5.32 Å². The molecule has 3 atom stereocenters. The van der Waals surface area contributed by atoms with Crippen LogP contribution in [0.3, 0.4) is 0 Å². The zero-order chi connectivity index (χ0) is 9.68. The summed E-state index contributed by atoms with van der Waals surface area (Å²) >= 11 is 0. The zero-order valence-electron chi connectivity index (χ0n) is 8.62. The van der Waals surface area contributed by atoms with E-state index in [0.29, 0.717) is 12.6 Å². The van der Waals surface area contributed by atoms with Gasteiger partial charge in [0, 0.05) is 19.2 Å². The third kappa shape index (κ3) is 3.63. The van der Waals surface area contributed by atoms with Gasteiger partial charge in [-0.2, -0.15) is 0 Å². The highest BCUT2D eigenvalue weighted by molar-refractivity contribution is 4.82. The summed E-state index contributed by atoms with van der Waals surface area (Å²) in [6, 6.07) is 0.613. The Morgan fingerprint density at radius 3 is 2.77 bits per heavy atom. The first-order valence-electron chi connectivity index (χ1n) is 5.17. The van der Waals surface area contributed by atoms with Crippen LogP contribution >= 0.6 is 0 Å². The van der Waals surface area contributed by atoms with Crippen LogP contribution in [0.1, 0.15) is 32.6 Å². The van der Waals surface area contributed by atoms with Crippen LogP contribution in [-0.4, -0.2) is 37.0 Å². The van der Waals surface area contributed by atoms with Crippen molar-refractivity contribution in [1.29, 1.82) is 0 Å². The number of ether oxygens (including phenoxy) is 1. The minimum absolute atomic E-state index is 0.159. The van der Waals surface area contributed by atoms with E-state index in [1.54, 1.807) is 7.11 Å². The lowest BCUT2D eigenvalue weighted by Gasteiger charge is -2.30. The SMILES string of the molecule is COC[C@@H](C)N[C@H]1CCCC[C@@H]1O. The Bertz CT molecular complexity index is 141. The number of rotatable bonds is 4. The van der Waals surface area contributed by atoms with Crippen LogP contribution < -0.4 is 5.32 Å². The fraction of sp³-hybridized carbons (Fsp3) is 1.00. The predicted molar refractivity (Wildman–Crippen MR) is 52.7 cm³/mol. The van der Waals surface area contributed by atoms with Gasteiger partial charge in [0.2, 0.25) is 0 Å². The molecule has 0 unspecified atom stereocenters. The van der Waals surface area contributed by atoms with Crippen LogP contribution in [0.15, 0.2) is 0 Å². The molecule has 0 aromatic heterocycles. The highest BCUT2D eigenvalue weighted by atomic mass is 16.5. The smallest absolute Gasteiger partial charge is 0.0693 e. The van der Waals surface area contributed by atoms with E-state index in [2.05, 4.69) is 12.2 Å². The summed E-state index contributed by atoms with van der Waals surface area (Å²) in [5, 5.41) is 13.1. The summed E-state index contributed by atoms with van der Waals surface area (Å²) in [5.41, 5.74) is 0. The van der Waals surface area contributed by atoms with E-state index in [4.69, 9.17) is 4.74 Å². The van der Waals surface area contributed by atoms with Crippen LogP contribution in [-0.2, 0) is 4.74 Å². The summed E-state index contributed by atoms with van der Waals surface area (Å²) in [6.45, 7) is 2.80. The van der Waals surface area contributed by atoms with Gasteiger partial charge in [-0.05, 0) is 19.8 Å². The Balaban J connectivity index is 2.25. The highest BCUT2D eigenvalue weighted by Gasteiger charge is 2.23. The molecule has 13 heavy (non-hydrogen) atoms. The number of nitrogens with one attached hydrogen (secondary N) is 1. The minimum atomic E-state index is -0.159. The standard InChI is InChI=1S/C10H21NO2/c1-8(7-13-2)11-9-5-3-4-6-10(9)12/h8-12H,3-7H2,1-2H3/t8-,9+,10+/m1/s1. The van der Waals surface area contributed by atoms with Crippen LogP contribution in [0.2, 0.25) is 0 Å². The maximum atomic E-state index is 9.68. The third-order valence-electron chi connectivity index (χ3n) is 2.64. The van der Waals surface area contributed by atoms with Crippen molar-refractivity contribution >= 4 is 0 Å². The van der Waals surface area contributed by atoms with Gasteiger partial charge in [-0.1, -0.05) is 12.8 Å². The molecule has 0 spiro atoms. The molecule has 0 saturated heterocycles. The summed E-state index contributed by atoms with van der Waals surface area (Å²) in [6.07, 6.45) is 4.27. The largest absolute Gasteiger partial charge is 0.392 e. The quantitative estimate of drug-likeness (QED) is 0.687. The molecule has 1 fully saturated rings. The molecule has 1 saturated carbocycles. The van der Waals surface area contributed by atoms with Crippen molar-refractivity contribution in [2.24, 2.45) is 0 Å². The van der Waals surface area contributed by atoms with E-state index in [1.807, 2.05) is 0 Å². The molecule has 0 radical (unpaired) electrons. The minimum Gasteiger partial charge on any atom is -0.392 e. The zero-order valence-corrected chi connectivity index (χ0v) is 8.62. The van der Waals surface area contributed by atoms with Gasteiger partial charge in [-0.3, -0.25) is 0 Å². The van der Waals surface area contributed by atoms with Crippen LogP contribution in [0.4, 0.5) is 0 Å². The fourth-order valence-electron chi connectivity index (χ4n) is 1.97. The molecular weight excluding hydrogens is 166 g/mol. The average Bonchev–Trinajstić information content (AvgIpc) is 2.09. The molecule has 0 heterocycles. The van der Waals surface area contributed by atoms with Crippen molar-refractivity contribution in [3.63, 3.8) is 0 Å². The van der Waals surface area contributed by atoms with Gasteiger partial charge in [0.05, 0.1) is 12.7 Å². The molecule has 0 aliphatic heterocycles. The molecule has 1 aliphatic rings. The molecule has 0 aromatic rings. The van der Waals surface area contributed by atoms with Crippen LogP contribution in [0, 0.1) is 0 Å². The Kier molecular flexibility index (Phi) is 4.70. The lowest BCUT2D eigenvalue weighted by Crippen LogP contribution is -2.47. The Labute approximate surface area is 80.5 Å². The Morgan fingerprint density at radius 1 is 1.46 bits per heavy atom. The Morgan fingerprint density at radius 2 is 2.15 bits per heavy atom. The normalized spacial score (nSPS) is 31.6. The van der Waals surface area contributed by atoms with Crippen molar-refractivity contribution in [2.75, 3.05) is 13.7 Å². The van der Waals surface area contributed by atoms with Crippen molar-refractivity contribution in [2.45, 2.75) is 50.8 Å². The predicted octanol–water partition coefficient (Wildman–Crippen LogP) is 0.914. The van der Waals surface area contributed by atoms with E-state index < -0.39 is 0 Å². The first kappa shape index (κ1) is 11.0. The summed E-state index contributed by atoms with van der Waals surface area (Å²) in [5.74, 6) is 0. The van der Waals surface area contributed by atoms with Gasteiger partial charge in [0.15, 0.2) is 0 Å². The maximum absolute atomic E-state index is 9.68. The van der Waals surface area contributed by atoms with Crippen molar-refractivity contribution in [3.8, 4) is 0 Å². The molecule has 0 aromatic carbocycles. The van der Waals surface area contributed by atoms with Gasteiger partial charge < -0.3 is 15.2 Å². The van der Waals surface area contributed by atoms with Gasteiger partial charge in [-0.15, -0.1) is 0 Å². The lowest BCUT2D eigenvalue weighted by molar-refractivity contribution is 0.0755. The molecule has 1 aliphatic carbocycles. The fourth-order valence-corrected chi connectivity index (χ4v) is 1.97. The average molecular weight is 187 g/mol. The highest BCUT2D eigenvalue weighted by Crippen LogP contribution is 2.18. The topological polar surface area (TPSA) is 41.5 Å². The van der Waals surface area contributed by atoms with Gasteiger partial charge in [0.25, 0.3) is 0 Å². The van der Waals surface area contributed by atoms with Gasteiger partial charge >= 0.3 is 0 Å². The number of aliphatic hydroxyl groups is 1. The monoisotopic (exact) mass is 187 g/mol. The third-order valence-corrected chi connectivity index (χ3v) is 2.64. The molecule has 1 rings (SSSR count). The summed E-state index contributed by atoms with van der Waals surface area (Å²) in [4.78, 5) is 0. The number of aliphatic hydroxyl groups excluding tert-OH is 1. The molecule has 0 amide bonds. The molecule has 3 heteroatoms. The van der Waals surface area contributed by atoms with Crippen molar-refractivity contribution < 1.29 is 9.84 Å². The van der Waals surface area contributed by atoms with Gasteiger partial charge in [-0.25, -0.2) is 0 Å². The molecule has 2 N–H and O–H groups in total. The Hall–Kier alpha value is -0.120. The van der Waals surface area contributed by atoms with E-state index in [-0.39, 0.29) is 12.1 Å². The van der Waals surface area contributed by atoms with E-state index >= 15 is 0 Å². The van der Waals surface area contributed by atoms with E-state index in [1.165, 1.54) is 6.42 Å². The lowest BCUT2D eigenvalue weighted by atomic mass is 9.92. The van der Waals surface area contributed by atoms with Crippen molar-refractivity contribution in [3.05, 3.63) is 0 Å². The number of methoxy groups -OCH3 is 1. The maximum Gasteiger partial charge on any atom is 0.0693 e. The number of hydrogen-bond acceptors (Lipinski definition) is 3. The molecule has 0 bridgehead atoms. The first-order valence-corrected chi connectivity index (χ1v) is 5.17. The summed E-state index contributed by atoms with van der Waals surface area (Å²) < 4.78 is 5.04. The second-order valence-electron chi connectivity index (χ2n) is 3.98. The second-order valence-corrected chi connectivity index (χ2v) is 3.98.